The first-order valence-electron chi connectivity index (χ1n) is 4.57. The number of isocyanates is 1. The van der Waals surface area contributed by atoms with Gasteiger partial charge in [0.1, 0.15) is 11.6 Å². The van der Waals surface area contributed by atoms with Crippen molar-refractivity contribution in [2.45, 2.75) is 26.3 Å². The molecule has 2 nitrogen and oxygen atoms in total. The van der Waals surface area contributed by atoms with E-state index < -0.39 is 11.6 Å². The molecular weight excluding hydrogens is 200 g/mol. The Bertz CT molecular complexity index is 409. The summed E-state index contributed by atoms with van der Waals surface area (Å²) in [6.45, 7) is 3.52. The maximum Gasteiger partial charge on any atom is 0.235 e. The van der Waals surface area contributed by atoms with E-state index in [9.17, 15) is 13.6 Å². The summed E-state index contributed by atoms with van der Waals surface area (Å²) in [6, 6.07) is 2.22. The van der Waals surface area contributed by atoms with Crippen LogP contribution in [0.1, 0.15) is 30.9 Å². The Balaban J connectivity index is 3.16. The maximum atomic E-state index is 13.3. The molecule has 1 aromatic rings. The number of benzene rings is 1. The molecule has 0 aliphatic heterocycles. The third-order valence-corrected chi connectivity index (χ3v) is 2.10. The van der Waals surface area contributed by atoms with Gasteiger partial charge in [-0.25, -0.2) is 18.6 Å². The normalized spacial score (nSPS) is 10.2. The zero-order valence-corrected chi connectivity index (χ0v) is 8.55. The molecule has 15 heavy (non-hydrogen) atoms. The smallest absolute Gasteiger partial charge is 0.211 e. The van der Waals surface area contributed by atoms with E-state index in [4.69, 9.17) is 0 Å². The van der Waals surface area contributed by atoms with Gasteiger partial charge >= 0.3 is 0 Å². The molecule has 0 aromatic heterocycles. The van der Waals surface area contributed by atoms with Crippen LogP contribution in [0.4, 0.5) is 8.78 Å². The van der Waals surface area contributed by atoms with Crippen LogP contribution in [-0.2, 0) is 11.3 Å². The molecular formula is C11H11F2NO. The van der Waals surface area contributed by atoms with Gasteiger partial charge in [0.2, 0.25) is 6.08 Å². The van der Waals surface area contributed by atoms with E-state index in [-0.39, 0.29) is 18.0 Å². The summed E-state index contributed by atoms with van der Waals surface area (Å²) in [5.41, 5.74) is 0.635. The summed E-state index contributed by atoms with van der Waals surface area (Å²) in [5, 5.41) is 0. The van der Waals surface area contributed by atoms with Crippen molar-refractivity contribution in [2.75, 3.05) is 0 Å². The molecule has 0 aliphatic carbocycles. The van der Waals surface area contributed by atoms with E-state index >= 15 is 0 Å². The summed E-state index contributed by atoms with van der Waals surface area (Å²) in [5.74, 6) is -1.29. The molecule has 0 heterocycles. The van der Waals surface area contributed by atoms with Crippen LogP contribution in [0.25, 0.3) is 0 Å². The highest BCUT2D eigenvalue weighted by atomic mass is 19.1. The van der Waals surface area contributed by atoms with Gasteiger partial charge in [0.15, 0.2) is 0 Å². The van der Waals surface area contributed by atoms with E-state index in [1.54, 1.807) is 0 Å². The standard InChI is InChI=1S/C11H11F2NO/c1-7(2)9-3-8(5-14-6-15)10(12)4-11(9)13/h3-4,7H,5H2,1-2H3. The van der Waals surface area contributed by atoms with Crippen LogP contribution in [0.2, 0.25) is 0 Å². The third-order valence-electron chi connectivity index (χ3n) is 2.10. The van der Waals surface area contributed by atoms with E-state index in [1.807, 2.05) is 13.8 Å². The number of hydrogen-bond donors (Lipinski definition) is 0. The number of halogens is 2. The molecule has 0 radical (unpaired) electrons. The second-order valence-corrected chi connectivity index (χ2v) is 3.53. The van der Waals surface area contributed by atoms with Crippen LogP contribution in [0.15, 0.2) is 17.1 Å². The Morgan fingerprint density at radius 1 is 1.33 bits per heavy atom. The first-order chi connectivity index (χ1) is 7.06. The number of nitrogens with zero attached hydrogens (tertiary/aromatic N) is 1. The summed E-state index contributed by atoms with van der Waals surface area (Å²) in [7, 11) is 0. The molecule has 1 aromatic carbocycles. The van der Waals surface area contributed by atoms with Crippen LogP contribution in [0.3, 0.4) is 0 Å². The molecule has 0 unspecified atom stereocenters. The lowest BCUT2D eigenvalue weighted by atomic mass is 10.00. The molecule has 0 saturated carbocycles. The van der Waals surface area contributed by atoms with Gasteiger partial charge in [-0.2, -0.15) is 0 Å². The van der Waals surface area contributed by atoms with Crippen molar-refractivity contribution in [3.8, 4) is 0 Å². The van der Waals surface area contributed by atoms with Gasteiger partial charge in [-0.15, -0.1) is 0 Å². The van der Waals surface area contributed by atoms with Crippen LogP contribution in [-0.4, -0.2) is 6.08 Å². The molecule has 0 spiro atoms. The Hall–Kier alpha value is -1.54. The molecule has 0 N–H and O–H groups in total. The van der Waals surface area contributed by atoms with Crippen molar-refractivity contribution < 1.29 is 13.6 Å². The minimum absolute atomic E-state index is 0.0374. The van der Waals surface area contributed by atoms with E-state index in [2.05, 4.69) is 4.99 Å². The zero-order valence-electron chi connectivity index (χ0n) is 8.55. The minimum atomic E-state index is -0.684. The molecule has 0 saturated heterocycles. The Labute approximate surface area is 86.6 Å². The van der Waals surface area contributed by atoms with Gasteiger partial charge < -0.3 is 0 Å². The summed E-state index contributed by atoms with van der Waals surface area (Å²) in [4.78, 5) is 13.2. The van der Waals surface area contributed by atoms with Crippen LogP contribution < -0.4 is 0 Å². The Morgan fingerprint density at radius 2 is 2.00 bits per heavy atom. The van der Waals surface area contributed by atoms with Crippen LogP contribution in [0, 0.1) is 11.6 Å². The summed E-state index contributed by atoms with van der Waals surface area (Å²) >= 11 is 0. The van der Waals surface area contributed by atoms with Crippen LogP contribution in [0.5, 0.6) is 0 Å². The van der Waals surface area contributed by atoms with Gasteiger partial charge in [0.05, 0.1) is 6.54 Å². The van der Waals surface area contributed by atoms with Gasteiger partial charge in [-0.3, -0.25) is 0 Å². The fourth-order valence-corrected chi connectivity index (χ4v) is 1.29. The van der Waals surface area contributed by atoms with E-state index in [1.165, 1.54) is 12.1 Å². The molecule has 1 rings (SSSR count). The lowest BCUT2D eigenvalue weighted by Gasteiger charge is -2.09. The monoisotopic (exact) mass is 211 g/mol. The molecule has 0 bridgehead atoms. The fourth-order valence-electron chi connectivity index (χ4n) is 1.29. The highest BCUT2D eigenvalue weighted by molar-refractivity contribution is 5.35. The van der Waals surface area contributed by atoms with Crippen molar-refractivity contribution in [2.24, 2.45) is 4.99 Å². The first-order valence-corrected chi connectivity index (χ1v) is 4.57. The lowest BCUT2D eigenvalue weighted by molar-refractivity contribution is 0.553. The maximum absolute atomic E-state index is 13.3. The number of hydrogen-bond acceptors (Lipinski definition) is 2. The van der Waals surface area contributed by atoms with Crippen molar-refractivity contribution in [3.05, 3.63) is 34.9 Å². The number of carbonyl (C=O) groups excluding carboxylic acids is 1. The van der Waals surface area contributed by atoms with Crippen molar-refractivity contribution in [1.29, 1.82) is 0 Å². The van der Waals surface area contributed by atoms with Crippen LogP contribution >= 0.6 is 0 Å². The molecule has 0 amide bonds. The average molecular weight is 211 g/mol. The zero-order chi connectivity index (χ0) is 11.4. The predicted octanol–water partition coefficient (Wildman–Crippen LogP) is 2.92. The summed E-state index contributed by atoms with van der Waals surface area (Å²) < 4.78 is 26.4. The topological polar surface area (TPSA) is 29.4 Å². The molecule has 4 heteroatoms. The largest absolute Gasteiger partial charge is 0.235 e. The second kappa shape index (κ2) is 4.80. The minimum Gasteiger partial charge on any atom is -0.211 e. The van der Waals surface area contributed by atoms with Crippen molar-refractivity contribution in [1.82, 2.24) is 0 Å². The number of rotatable bonds is 3. The molecule has 0 aliphatic rings. The van der Waals surface area contributed by atoms with Crippen molar-refractivity contribution in [3.63, 3.8) is 0 Å². The average Bonchev–Trinajstić information content (AvgIpc) is 2.16. The molecule has 0 atom stereocenters. The van der Waals surface area contributed by atoms with Gasteiger partial charge in [0, 0.05) is 11.6 Å². The SMILES string of the molecule is CC(C)c1cc(CN=C=O)c(F)cc1F. The summed E-state index contributed by atoms with van der Waals surface area (Å²) in [6.07, 6.45) is 1.32. The highest BCUT2D eigenvalue weighted by Crippen LogP contribution is 2.22. The van der Waals surface area contributed by atoms with Gasteiger partial charge in [-0.1, -0.05) is 13.8 Å². The van der Waals surface area contributed by atoms with E-state index in [0.717, 1.165) is 6.07 Å². The molecule has 0 fully saturated rings. The molecule has 80 valence electrons. The van der Waals surface area contributed by atoms with Crippen molar-refractivity contribution >= 4 is 6.08 Å². The van der Waals surface area contributed by atoms with E-state index in [0.29, 0.717) is 5.56 Å². The second-order valence-electron chi connectivity index (χ2n) is 3.53. The van der Waals surface area contributed by atoms with Gasteiger partial charge in [-0.05, 0) is 17.5 Å². The quantitative estimate of drug-likeness (QED) is 0.558. The first kappa shape index (κ1) is 11.5. The predicted molar refractivity (Wildman–Crippen MR) is 52.3 cm³/mol. The number of aliphatic imine (C=N–C) groups is 1. The Morgan fingerprint density at radius 3 is 2.53 bits per heavy atom. The fraction of sp³-hybridized carbons (Fsp3) is 0.364. The lowest BCUT2D eigenvalue weighted by Crippen LogP contribution is -1.98. The van der Waals surface area contributed by atoms with Gasteiger partial charge in [0.25, 0.3) is 0 Å². The third kappa shape index (κ3) is 2.70. The Kier molecular flexibility index (Phi) is 3.69. The highest BCUT2D eigenvalue weighted by Gasteiger charge is 2.11.